The summed E-state index contributed by atoms with van der Waals surface area (Å²) in [5.74, 6) is 1.35. The Morgan fingerprint density at radius 2 is 2.25 bits per heavy atom. The number of aliphatic hydroxyl groups is 1. The van der Waals surface area contributed by atoms with E-state index in [-0.39, 0.29) is 12.7 Å². The zero-order valence-electron chi connectivity index (χ0n) is 9.35. The molecular formula is C12H17NO3. The lowest BCUT2D eigenvalue weighted by molar-refractivity contribution is 0.251. The molecular weight excluding hydrogens is 206 g/mol. The highest BCUT2D eigenvalue weighted by molar-refractivity contribution is 5.48. The van der Waals surface area contributed by atoms with Crippen molar-refractivity contribution in [3.8, 4) is 11.5 Å². The molecule has 0 amide bonds. The molecule has 1 aliphatic carbocycles. The lowest BCUT2D eigenvalue weighted by Gasteiger charge is -2.17. The smallest absolute Gasteiger partial charge is 0.166 e. The van der Waals surface area contributed by atoms with Crippen LogP contribution in [0.4, 0.5) is 0 Å². The van der Waals surface area contributed by atoms with Crippen molar-refractivity contribution in [2.24, 2.45) is 5.73 Å². The van der Waals surface area contributed by atoms with E-state index in [1.165, 1.54) is 0 Å². The first kappa shape index (κ1) is 11.2. The van der Waals surface area contributed by atoms with E-state index in [1.54, 1.807) is 7.11 Å². The van der Waals surface area contributed by atoms with Crippen molar-refractivity contribution in [1.29, 1.82) is 0 Å². The standard InChI is InChI=1S/C12H17NO3/c1-15-11-4-2-3-9(10(13)7-14)12(11)16-8-5-6-8/h2-4,8,10,14H,5-7,13H2,1H3. The van der Waals surface area contributed by atoms with Gasteiger partial charge in [-0.3, -0.25) is 0 Å². The lowest BCUT2D eigenvalue weighted by atomic mass is 10.1. The second-order valence-electron chi connectivity index (χ2n) is 3.98. The summed E-state index contributed by atoms with van der Waals surface area (Å²) in [7, 11) is 1.60. The highest BCUT2D eigenvalue weighted by atomic mass is 16.5. The van der Waals surface area contributed by atoms with Crippen LogP contribution in [-0.2, 0) is 0 Å². The zero-order chi connectivity index (χ0) is 11.5. The average molecular weight is 223 g/mol. The molecule has 1 aromatic carbocycles. The predicted octanol–water partition coefficient (Wildman–Crippen LogP) is 1.23. The Bertz CT molecular complexity index is 363. The van der Waals surface area contributed by atoms with Crippen molar-refractivity contribution >= 4 is 0 Å². The van der Waals surface area contributed by atoms with Gasteiger partial charge < -0.3 is 20.3 Å². The van der Waals surface area contributed by atoms with Gasteiger partial charge in [0.1, 0.15) is 0 Å². The molecule has 0 aliphatic heterocycles. The number of aliphatic hydroxyl groups excluding tert-OH is 1. The summed E-state index contributed by atoms with van der Waals surface area (Å²) in [5, 5.41) is 9.10. The van der Waals surface area contributed by atoms with Crippen molar-refractivity contribution in [2.45, 2.75) is 25.0 Å². The number of hydrogen-bond donors (Lipinski definition) is 2. The Kier molecular flexibility index (Phi) is 3.31. The number of nitrogens with two attached hydrogens (primary N) is 1. The molecule has 4 nitrogen and oxygen atoms in total. The van der Waals surface area contributed by atoms with Crippen molar-refractivity contribution < 1.29 is 14.6 Å². The molecule has 1 unspecified atom stereocenters. The molecule has 1 atom stereocenters. The van der Waals surface area contributed by atoms with E-state index < -0.39 is 6.04 Å². The quantitative estimate of drug-likeness (QED) is 0.788. The topological polar surface area (TPSA) is 64.7 Å². The molecule has 16 heavy (non-hydrogen) atoms. The van der Waals surface area contributed by atoms with E-state index in [0.717, 1.165) is 18.4 Å². The van der Waals surface area contributed by atoms with Crippen LogP contribution < -0.4 is 15.2 Å². The lowest BCUT2D eigenvalue weighted by Crippen LogP contribution is -2.16. The Morgan fingerprint density at radius 1 is 1.50 bits per heavy atom. The fraction of sp³-hybridized carbons (Fsp3) is 0.500. The van der Waals surface area contributed by atoms with Gasteiger partial charge in [0.05, 0.1) is 25.9 Å². The van der Waals surface area contributed by atoms with E-state index >= 15 is 0 Å². The van der Waals surface area contributed by atoms with Crippen LogP contribution in [-0.4, -0.2) is 24.9 Å². The van der Waals surface area contributed by atoms with E-state index in [9.17, 15) is 0 Å². The fourth-order valence-corrected chi connectivity index (χ4v) is 1.56. The molecule has 88 valence electrons. The van der Waals surface area contributed by atoms with Crippen LogP contribution in [0.15, 0.2) is 18.2 Å². The van der Waals surface area contributed by atoms with Gasteiger partial charge in [0.15, 0.2) is 11.5 Å². The van der Waals surface area contributed by atoms with E-state index in [2.05, 4.69) is 0 Å². The molecule has 0 aromatic heterocycles. The Labute approximate surface area is 95.0 Å². The molecule has 0 spiro atoms. The molecule has 1 aromatic rings. The second kappa shape index (κ2) is 4.72. The molecule has 0 radical (unpaired) electrons. The first-order valence-electron chi connectivity index (χ1n) is 5.46. The van der Waals surface area contributed by atoms with Gasteiger partial charge in [0, 0.05) is 5.56 Å². The van der Waals surface area contributed by atoms with Crippen molar-refractivity contribution in [3.63, 3.8) is 0 Å². The number of ether oxygens (including phenoxy) is 2. The number of para-hydroxylation sites is 1. The minimum Gasteiger partial charge on any atom is -0.493 e. The number of methoxy groups -OCH3 is 1. The third-order valence-electron chi connectivity index (χ3n) is 2.63. The molecule has 0 heterocycles. The van der Waals surface area contributed by atoms with Crippen LogP contribution in [0.1, 0.15) is 24.4 Å². The van der Waals surface area contributed by atoms with Crippen molar-refractivity contribution in [1.82, 2.24) is 0 Å². The van der Waals surface area contributed by atoms with E-state index in [1.807, 2.05) is 18.2 Å². The molecule has 0 bridgehead atoms. The predicted molar refractivity (Wildman–Crippen MR) is 60.7 cm³/mol. The number of benzene rings is 1. The minimum absolute atomic E-state index is 0.103. The van der Waals surface area contributed by atoms with Crippen LogP contribution >= 0.6 is 0 Å². The Hall–Kier alpha value is -1.26. The molecule has 1 fully saturated rings. The van der Waals surface area contributed by atoms with Gasteiger partial charge in [-0.1, -0.05) is 12.1 Å². The average Bonchev–Trinajstić information content (AvgIpc) is 3.12. The normalized spacial score (nSPS) is 16.9. The maximum absolute atomic E-state index is 9.10. The van der Waals surface area contributed by atoms with Crippen LogP contribution in [0.3, 0.4) is 0 Å². The summed E-state index contributed by atoms with van der Waals surface area (Å²) in [6.07, 6.45) is 2.43. The second-order valence-corrected chi connectivity index (χ2v) is 3.98. The van der Waals surface area contributed by atoms with Gasteiger partial charge in [-0.25, -0.2) is 0 Å². The first-order valence-corrected chi connectivity index (χ1v) is 5.46. The molecule has 4 heteroatoms. The van der Waals surface area contributed by atoms with Crippen molar-refractivity contribution in [2.75, 3.05) is 13.7 Å². The molecule has 1 aliphatic rings. The third kappa shape index (κ3) is 2.28. The van der Waals surface area contributed by atoms with E-state index in [4.69, 9.17) is 20.3 Å². The van der Waals surface area contributed by atoms with Gasteiger partial charge in [-0.2, -0.15) is 0 Å². The van der Waals surface area contributed by atoms with Gasteiger partial charge in [0.25, 0.3) is 0 Å². The van der Waals surface area contributed by atoms with E-state index in [0.29, 0.717) is 11.5 Å². The highest BCUT2D eigenvalue weighted by Crippen LogP contribution is 2.38. The van der Waals surface area contributed by atoms with Gasteiger partial charge in [-0.05, 0) is 18.9 Å². The Morgan fingerprint density at radius 3 is 2.81 bits per heavy atom. The summed E-state index contributed by atoms with van der Waals surface area (Å²) in [6, 6.07) is 5.12. The molecule has 3 N–H and O–H groups in total. The molecule has 0 saturated heterocycles. The fourth-order valence-electron chi connectivity index (χ4n) is 1.56. The summed E-state index contributed by atoms with van der Waals surface area (Å²) >= 11 is 0. The number of hydrogen-bond acceptors (Lipinski definition) is 4. The zero-order valence-corrected chi connectivity index (χ0v) is 9.35. The maximum atomic E-state index is 9.10. The number of rotatable bonds is 5. The third-order valence-corrected chi connectivity index (χ3v) is 2.63. The summed E-state index contributed by atoms with van der Waals surface area (Å²) < 4.78 is 11.0. The summed E-state index contributed by atoms with van der Waals surface area (Å²) in [4.78, 5) is 0. The van der Waals surface area contributed by atoms with Crippen LogP contribution in [0.5, 0.6) is 11.5 Å². The molecule has 1 saturated carbocycles. The highest BCUT2D eigenvalue weighted by Gasteiger charge is 2.27. The van der Waals surface area contributed by atoms with Crippen LogP contribution in [0.2, 0.25) is 0 Å². The van der Waals surface area contributed by atoms with Crippen LogP contribution in [0.25, 0.3) is 0 Å². The summed E-state index contributed by atoms with van der Waals surface area (Å²) in [6.45, 7) is -0.103. The monoisotopic (exact) mass is 223 g/mol. The molecule has 2 rings (SSSR count). The van der Waals surface area contributed by atoms with Crippen molar-refractivity contribution in [3.05, 3.63) is 23.8 Å². The summed E-state index contributed by atoms with van der Waals surface area (Å²) in [5.41, 5.74) is 6.63. The van der Waals surface area contributed by atoms with Gasteiger partial charge >= 0.3 is 0 Å². The van der Waals surface area contributed by atoms with Gasteiger partial charge in [0.2, 0.25) is 0 Å². The first-order chi connectivity index (χ1) is 7.76. The maximum Gasteiger partial charge on any atom is 0.166 e. The largest absolute Gasteiger partial charge is 0.493 e. The SMILES string of the molecule is COc1cccc(C(N)CO)c1OC1CC1. The van der Waals surface area contributed by atoms with Gasteiger partial charge in [-0.15, -0.1) is 0 Å². The Balaban J connectivity index is 2.32. The van der Waals surface area contributed by atoms with Crippen LogP contribution in [0, 0.1) is 0 Å². The minimum atomic E-state index is -0.427.